The van der Waals surface area contributed by atoms with Crippen LogP contribution in [0.5, 0.6) is 0 Å². The maximum Gasteiger partial charge on any atom is 0.320 e. The van der Waals surface area contributed by atoms with E-state index in [9.17, 15) is 9.59 Å². The minimum absolute atomic E-state index is 0.119. The van der Waals surface area contributed by atoms with Crippen molar-refractivity contribution in [3.05, 3.63) is 0 Å². The zero-order valence-electron chi connectivity index (χ0n) is 7.32. The third-order valence-corrected chi connectivity index (χ3v) is 1.47. The lowest BCUT2D eigenvalue weighted by Gasteiger charge is -2.06. The number of rotatable bonds is 6. The zero-order valence-corrected chi connectivity index (χ0v) is 7.32. The van der Waals surface area contributed by atoms with Crippen molar-refractivity contribution in [3.8, 4) is 0 Å². The molecule has 0 fully saturated rings. The number of amides is 1. The van der Waals surface area contributed by atoms with Crippen molar-refractivity contribution in [1.82, 2.24) is 5.32 Å². The lowest BCUT2D eigenvalue weighted by atomic mass is 10.1. The van der Waals surface area contributed by atoms with Crippen molar-refractivity contribution < 1.29 is 14.7 Å². The number of carboxylic acids is 1. The Hall–Kier alpha value is -1.14. The Morgan fingerprint density at radius 1 is 1.46 bits per heavy atom. The van der Waals surface area contributed by atoms with E-state index in [1.54, 1.807) is 0 Å². The van der Waals surface area contributed by atoms with Crippen LogP contribution in [0.3, 0.4) is 0 Å². The number of hydrogen-bond acceptors (Lipinski definition) is 4. The molecule has 0 rings (SSSR count). The van der Waals surface area contributed by atoms with E-state index in [1.165, 1.54) is 0 Å². The minimum atomic E-state index is -1.09. The molecule has 0 unspecified atom stereocenters. The number of carbonyl (C=O) groups excluding carboxylic acids is 1. The fourth-order valence-corrected chi connectivity index (χ4v) is 0.710. The molecule has 6 nitrogen and oxygen atoms in total. The van der Waals surface area contributed by atoms with Gasteiger partial charge in [0.1, 0.15) is 6.04 Å². The molecule has 0 aromatic carbocycles. The first-order chi connectivity index (χ1) is 6.07. The van der Waals surface area contributed by atoms with Gasteiger partial charge in [0.2, 0.25) is 5.91 Å². The summed E-state index contributed by atoms with van der Waals surface area (Å²) < 4.78 is 0. The molecule has 6 heteroatoms. The van der Waals surface area contributed by atoms with Gasteiger partial charge in [-0.2, -0.15) is 0 Å². The van der Waals surface area contributed by atoms with Crippen LogP contribution in [-0.4, -0.2) is 36.1 Å². The monoisotopic (exact) mass is 189 g/mol. The number of aliphatic carboxylic acids is 1. The van der Waals surface area contributed by atoms with Crippen LogP contribution in [0.25, 0.3) is 0 Å². The van der Waals surface area contributed by atoms with Crippen LogP contribution in [0.4, 0.5) is 0 Å². The van der Waals surface area contributed by atoms with E-state index in [2.05, 4.69) is 5.32 Å². The molecule has 0 aliphatic heterocycles. The van der Waals surface area contributed by atoms with Crippen LogP contribution in [0.15, 0.2) is 0 Å². The molecule has 0 heterocycles. The third kappa shape index (κ3) is 6.06. The molecule has 0 spiro atoms. The van der Waals surface area contributed by atoms with Crippen molar-refractivity contribution in [1.29, 1.82) is 0 Å². The molecule has 0 aliphatic rings. The van der Waals surface area contributed by atoms with Gasteiger partial charge in [-0.3, -0.25) is 9.59 Å². The maximum atomic E-state index is 10.9. The van der Waals surface area contributed by atoms with Crippen molar-refractivity contribution >= 4 is 11.9 Å². The van der Waals surface area contributed by atoms with Crippen LogP contribution in [0, 0.1) is 0 Å². The minimum Gasteiger partial charge on any atom is -0.480 e. The predicted octanol–water partition coefficient (Wildman–Crippen LogP) is -1.75. The molecule has 76 valence electrons. The molecule has 1 amide bonds. The van der Waals surface area contributed by atoms with E-state index < -0.39 is 12.0 Å². The van der Waals surface area contributed by atoms with E-state index in [0.717, 1.165) is 0 Å². The summed E-state index contributed by atoms with van der Waals surface area (Å²) in [6.07, 6.45) is 0.263. The molecule has 6 N–H and O–H groups in total. The molecular weight excluding hydrogens is 174 g/mol. The molecular formula is C7H15N3O3. The van der Waals surface area contributed by atoms with Gasteiger partial charge in [-0.1, -0.05) is 0 Å². The molecule has 0 bridgehead atoms. The Labute approximate surface area is 76.3 Å². The fourth-order valence-electron chi connectivity index (χ4n) is 0.710. The summed E-state index contributed by atoms with van der Waals surface area (Å²) in [5.74, 6) is -1.31. The SMILES string of the molecule is NCCNC(=O)CC[C@@H](N)C(=O)O. The lowest BCUT2D eigenvalue weighted by Crippen LogP contribution is -2.34. The third-order valence-electron chi connectivity index (χ3n) is 1.47. The molecule has 0 saturated heterocycles. The highest BCUT2D eigenvalue weighted by Crippen LogP contribution is 1.93. The Balaban J connectivity index is 3.52. The molecule has 1 atom stereocenters. The number of nitrogens with two attached hydrogens (primary N) is 2. The highest BCUT2D eigenvalue weighted by molar-refractivity contribution is 5.78. The van der Waals surface area contributed by atoms with Gasteiger partial charge in [-0.25, -0.2) is 0 Å². The largest absolute Gasteiger partial charge is 0.480 e. The van der Waals surface area contributed by atoms with Gasteiger partial charge in [-0.05, 0) is 6.42 Å². The van der Waals surface area contributed by atoms with Crippen LogP contribution in [0.2, 0.25) is 0 Å². The quantitative estimate of drug-likeness (QED) is 0.395. The van der Waals surface area contributed by atoms with Gasteiger partial charge in [0.25, 0.3) is 0 Å². The van der Waals surface area contributed by atoms with Crippen molar-refractivity contribution in [2.75, 3.05) is 13.1 Å². The Kier molecular flexibility index (Phi) is 5.82. The van der Waals surface area contributed by atoms with Gasteiger partial charge >= 0.3 is 5.97 Å². The van der Waals surface area contributed by atoms with Crippen LogP contribution >= 0.6 is 0 Å². The number of carboxylic acid groups (broad SMARTS) is 1. The molecule has 0 radical (unpaired) electrons. The zero-order chi connectivity index (χ0) is 10.3. The van der Waals surface area contributed by atoms with Crippen molar-refractivity contribution in [2.45, 2.75) is 18.9 Å². The standard InChI is InChI=1S/C7H15N3O3/c8-3-4-10-6(11)2-1-5(9)7(12)13/h5H,1-4,8-9H2,(H,10,11)(H,12,13)/t5-/m1/s1. The number of hydrogen-bond donors (Lipinski definition) is 4. The summed E-state index contributed by atoms with van der Waals surface area (Å²) in [4.78, 5) is 21.2. The van der Waals surface area contributed by atoms with E-state index >= 15 is 0 Å². The summed E-state index contributed by atoms with van der Waals surface area (Å²) in [7, 11) is 0. The second-order valence-corrected chi connectivity index (χ2v) is 2.62. The van der Waals surface area contributed by atoms with Gasteiger partial charge < -0.3 is 21.9 Å². The molecule has 13 heavy (non-hydrogen) atoms. The summed E-state index contributed by atoms with van der Waals surface area (Å²) in [5, 5.41) is 10.9. The van der Waals surface area contributed by atoms with Crippen molar-refractivity contribution in [3.63, 3.8) is 0 Å². The number of nitrogens with one attached hydrogen (secondary N) is 1. The smallest absolute Gasteiger partial charge is 0.320 e. The molecule has 0 saturated carbocycles. The van der Waals surface area contributed by atoms with E-state index in [-0.39, 0.29) is 18.7 Å². The van der Waals surface area contributed by atoms with E-state index in [0.29, 0.717) is 13.1 Å². The molecule has 0 aromatic heterocycles. The first-order valence-corrected chi connectivity index (χ1v) is 4.03. The first-order valence-electron chi connectivity index (χ1n) is 4.03. The Bertz CT molecular complexity index is 184. The predicted molar refractivity (Wildman–Crippen MR) is 46.9 cm³/mol. The van der Waals surface area contributed by atoms with E-state index in [1.807, 2.05) is 0 Å². The maximum absolute atomic E-state index is 10.9. The summed E-state index contributed by atoms with van der Waals surface area (Å²) in [5.41, 5.74) is 10.3. The Morgan fingerprint density at radius 2 is 2.08 bits per heavy atom. The van der Waals surface area contributed by atoms with Crippen molar-refractivity contribution in [2.24, 2.45) is 11.5 Å². The first kappa shape index (κ1) is 11.9. The average molecular weight is 189 g/mol. The van der Waals surface area contributed by atoms with Crippen LogP contribution in [-0.2, 0) is 9.59 Å². The Morgan fingerprint density at radius 3 is 2.54 bits per heavy atom. The number of carbonyl (C=O) groups is 2. The second-order valence-electron chi connectivity index (χ2n) is 2.62. The van der Waals surface area contributed by atoms with Gasteiger partial charge in [0.05, 0.1) is 0 Å². The van der Waals surface area contributed by atoms with Crippen LogP contribution < -0.4 is 16.8 Å². The topological polar surface area (TPSA) is 118 Å². The van der Waals surface area contributed by atoms with Gasteiger partial charge in [-0.15, -0.1) is 0 Å². The molecule has 0 aromatic rings. The van der Waals surface area contributed by atoms with Gasteiger partial charge in [0, 0.05) is 19.5 Å². The summed E-state index contributed by atoms with van der Waals surface area (Å²) in [6, 6.07) is -0.969. The van der Waals surface area contributed by atoms with E-state index in [4.69, 9.17) is 16.6 Å². The molecule has 0 aliphatic carbocycles. The highest BCUT2D eigenvalue weighted by Gasteiger charge is 2.12. The fraction of sp³-hybridized carbons (Fsp3) is 0.714. The second kappa shape index (κ2) is 6.38. The summed E-state index contributed by atoms with van der Waals surface area (Å²) in [6.45, 7) is 0.776. The lowest BCUT2D eigenvalue weighted by molar-refractivity contribution is -0.138. The highest BCUT2D eigenvalue weighted by atomic mass is 16.4. The normalized spacial score (nSPS) is 12.2. The van der Waals surface area contributed by atoms with Gasteiger partial charge in [0.15, 0.2) is 0 Å². The summed E-state index contributed by atoms with van der Waals surface area (Å²) >= 11 is 0. The van der Waals surface area contributed by atoms with Crippen LogP contribution in [0.1, 0.15) is 12.8 Å². The average Bonchev–Trinajstić information content (AvgIpc) is 2.10.